The average molecular weight is 395 g/mol. The highest BCUT2D eigenvalue weighted by Crippen LogP contribution is 2.45. The number of carbonyl (C=O) groups excluding carboxylic acids is 1. The highest BCUT2D eigenvalue weighted by molar-refractivity contribution is 6.10. The molecule has 2 aromatic heterocycles. The van der Waals surface area contributed by atoms with Gasteiger partial charge in [0.05, 0.1) is 6.04 Å². The minimum absolute atomic E-state index is 0.0426. The number of primary amides is 1. The zero-order valence-corrected chi connectivity index (χ0v) is 14.6. The molecule has 1 aliphatic rings. The first-order valence-corrected chi connectivity index (χ1v) is 8.64. The number of nitrogens with zero attached hydrogens (tertiary/aromatic N) is 2. The van der Waals surface area contributed by atoms with E-state index in [2.05, 4.69) is 20.5 Å². The van der Waals surface area contributed by atoms with Gasteiger partial charge in [0.25, 0.3) is 5.91 Å². The van der Waals surface area contributed by atoms with E-state index in [0.717, 1.165) is 6.07 Å². The van der Waals surface area contributed by atoms with E-state index in [1.807, 2.05) is 0 Å². The summed E-state index contributed by atoms with van der Waals surface area (Å²) in [5.41, 5.74) is 7.82. The molecule has 0 radical (unpaired) electrons. The van der Waals surface area contributed by atoms with Gasteiger partial charge in [-0.2, -0.15) is 0 Å². The van der Waals surface area contributed by atoms with Gasteiger partial charge in [-0.05, 0) is 12.1 Å². The third kappa shape index (κ3) is 2.40. The van der Waals surface area contributed by atoms with Crippen LogP contribution in [0.25, 0.3) is 22.2 Å². The van der Waals surface area contributed by atoms with Gasteiger partial charge in [-0.1, -0.05) is 24.3 Å². The lowest BCUT2D eigenvalue weighted by Gasteiger charge is -2.20. The van der Waals surface area contributed by atoms with Gasteiger partial charge in [0, 0.05) is 39.5 Å². The predicted molar refractivity (Wildman–Crippen MR) is 99.6 cm³/mol. The third-order valence-electron chi connectivity index (χ3n) is 5.04. The first-order chi connectivity index (χ1) is 14.0. The van der Waals surface area contributed by atoms with Crippen molar-refractivity contribution in [3.63, 3.8) is 0 Å². The Bertz CT molecular complexity index is 1320. The fraction of sp³-hybridized carbons (Fsp3) is 0.0500. The molecule has 29 heavy (non-hydrogen) atoms. The van der Waals surface area contributed by atoms with Crippen molar-refractivity contribution in [1.29, 1.82) is 0 Å². The summed E-state index contributed by atoms with van der Waals surface area (Å²) in [6.07, 6.45) is 1.57. The summed E-state index contributed by atoms with van der Waals surface area (Å²) in [6.45, 7) is 0. The third-order valence-corrected chi connectivity index (χ3v) is 5.04. The van der Waals surface area contributed by atoms with Gasteiger partial charge in [-0.3, -0.25) is 4.79 Å². The molecule has 144 valence electrons. The molecule has 4 aromatic rings. The second kappa shape index (κ2) is 6.06. The minimum atomic E-state index is -1.56. The van der Waals surface area contributed by atoms with E-state index in [1.54, 1.807) is 30.5 Å². The summed E-state index contributed by atoms with van der Waals surface area (Å²) >= 11 is 0. The van der Waals surface area contributed by atoms with Gasteiger partial charge in [-0.15, -0.1) is 10.2 Å². The highest BCUT2D eigenvalue weighted by atomic mass is 19.2. The minimum Gasteiger partial charge on any atom is -0.373 e. The second-order valence-corrected chi connectivity index (χ2v) is 6.64. The van der Waals surface area contributed by atoms with Gasteiger partial charge < -0.3 is 16.0 Å². The topological polar surface area (TPSA) is 96.7 Å². The van der Waals surface area contributed by atoms with Crippen molar-refractivity contribution in [3.05, 3.63) is 76.9 Å². The summed E-state index contributed by atoms with van der Waals surface area (Å²) in [6, 6.07) is 8.17. The summed E-state index contributed by atoms with van der Waals surface area (Å²) in [4.78, 5) is 15.0. The highest BCUT2D eigenvalue weighted by Gasteiger charge is 2.32. The van der Waals surface area contributed by atoms with Crippen molar-refractivity contribution >= 4 is 22.6 Å². The molecular weight excluding hydrogens is 383 g/mol. The van der Waals surface area contributed by atoms with Crippen molar-refractivity contribution in [1.82, 2.24) is 15.2 Å². The summed E-state index contributed by atoms with van der Waals surface area (Å²) in [5, 5.41) is 11.6. The van der Waals surface area contributed by atoms with Crippen molar-refractivity contribution in [2.75, 3.05) is 5.32 Å². The Labute approximate surface area is 161 Å². The number of rotatable bonds is 2. The lowest BCUT2D eigenvalue weighted by atomic mass is 9.95. The van der Waals surface area contributed by atoms with E-state index in [1.165, 1.54) is 6.07 Å². The zero-order valence-electron chi connectivity index (χ0n) is 14.6. The monoisotopic (exact) mass is 395 g/mol. The van der Waals surface area contributed by atoms with E-state index in [-0.39, 0.29) is 11.3 Å². The number of benzene rings is 2. The number of hydrogen-bond acceptors (Lipinski definition) is 4. The molecule has 9 heteroatoms. The Morgan fingerprint density at radius 1 is 1.00 bits per heavy atom. The molecule has 1 amide bonds. The molecule has 0 aliphatic carbocycles. The molecule has 0 bridgehead atoms. The van der Waals surface area contributed by atoms with Crippen LogP contribution >= 0.6 is 0 Å². The number of nitrogens with two attached hydrogens (primary N) is 1. The first kappa shape index (κ1) is 17.2. The summed E-state index contributed by atoms with van der Waals surface area (Å²) in [7, 11) is 0. The molecule has 0 saturated heterocycles. The van der Waals surface area contributed by atoms with Crippen LogP contribution in [-0.4, -0.2) is 21.1 Å². The molecule has 1 unspecified atom stereocenters. The van der Waals surface area contributed by atoms with Gasteiger partial charge in [-0.25, -0.2) is 13.2 Å². The molecule has 3 heterocycles. The molecule has 1 atom stereocenters. The van der Waals surface area contributed by atoms with E-state index in [9.17, 15) is 18.0 Å². The fourth-order valence-corrected chi connectivity index (χ4v) is 3.77. The van der Waals surface area contributed by atoms with Crippen LogP contribution in [0.2, 0.25) is 0 Å². The number of hydrogen-bond donors (Lipinski definition) is 3. The standard InChI is InChI=1S/C20H12F3N5O/c21-11-6-5-9(15(22)16(11)23)17-10-7-25-20-14(10)13(18(19(24)29)27-28-20)8-3-1-2-4-12(8)26-17/h1-7,17,26H,(H2,24,29)(H,25,28). The number of aromatic nitrogens is 3. The van der Waals surface area contributed by atoms with Crippen LogP contribution in [0, 0.1) is 17.5 Å². The smallest absolute Gasteiger partial charge is 0.269 e. The lowest BCUT2D eigenvalue weighted by Crippen LogP contribution is -2.15. The van der Waals surface area contributed by atoms with Gasteiger partial charge in [0.2, 0.25) is 0 Å². The lowest BCUT2D eigenvalue weighted by molar-refractivity contribution is 0.0995. The van der Waals surface area contributed by atoms with Crippen molar-refractivity contribution in [3.8, 4) is 11.1 Å². The predicted octanol–water partition coefficient (Wildman–Crippen LogP) is 3.66. The number of halogens is 3. The molecule has 2 aromatic carbocycles. The van der Waals surface area contributed by atoms with Crippen LogP contribution in [0.15, 0.2) is 42.6 Å². The molecular formula is C20H12F3N5O. The Kier molecular flexibility index (Phi) is 3.60. The average Bonchev–Trinajstić information content (AvgIpc) is 3.08. The van der Waals surface area contributed by atoms with E-state index in [4.69, 9.17) is 5.73 Å². The van der Waals surface area contributed by atoms with E-state index >= 15 is 0 Å². The normalized spacial score (nSPS) is 14.9. The molecule has 6 nitrogen and oxygen atoms in total. The molecule has 1 aliphatic heterocycles. The molecule has 5 rings (SSSR count). The number of nitrogens with one attached hydrogen (secondary N) is 2. The maximum atomic E-state index is 14.7. The van der Waals surface area contributed by atoms with Crippen LogP contribution < -0.4 is 11.1 Å². The SMILES string of the molecule is NC(=O)c1nnc2[nH]cc3c2c1-c1ccccc1NC3c1ccc(F)c(F)c1F. The maximum absolute atomic E-state index is 14.7. The Morgan fingerprint density at radius 2 is 1.79 bits per heavy atom. The largest absolute Gasteiger partial charge is 0.373 e. The molecule has 4 N–H and O–H groups in total. The van der Waals surface area contributed by atoms with Crippen LogP contribution in [-0.2, 0) is 0 Å². The number of fused-ring (bicyclic) bond motifs is 2. The summed E-state index contributed by atoms with van der Waals surface area (Å²) < 4.78 is 42.1. The number of anilines is 1. The molecule has 0 saturated carbocycles. The van der Waals surface area contributed by atoms with Crippen LogP contribution in [0.4, 0.5) is 18.9 Å². The molecule has 0 spiro atoms. The quantitative estimate of drug-likeness (QED) is 0.451. The zero-order chi connectivity index (χ0) is 20.3. The van der Waals surface area contributed by atoms with Gasteiger partial charge in [0.15, 0.2) is 28.8 Å². The number of aromatic amines is 1. The van der Waals surface area contributed by atoms with Gasteiger partial charge >= 0.3 is 0 Å². The van der Waals surface area contributed by atoms with E-state index in [0.29, 0.717) is 33.4 Å². The maximum Gasteiger partial charge on any atom is 0.269 e. The van der Waals surface area contributed by atoms with Crippen molar-refractivity contribution in [2.45, 2.75) is 6.04 Å². The second-order valence-electron chi connectivity index (χ2n) is 6.64. The first-order valence-electron chi connectivity index (χ1n) is 8.64. The number of carbonyl (C=O) groups is 1. The van der Waals surface area contributed by atoms with Crippen molar-refractivity contribution < 1.29 is 18.0 Å². The van der Waals surface area contributed by atoms with Crippen molar-refractivity contribution in [2.24, 2.45) is 5.73 Å². The Balaban J connectivity index is 1.90. The van der Waals surface area contributed by atoms with E-state index < -0.39 is 29.4 Å². The molecule has 0 fully saturated rings. The van der Waals surface area contributed by atoms with Crippen LogP contribution in [0.1, 0.15) is 27.7 Å². The van der Waals surface area contributed by atoms with Crippen LogP contribution in [0.5, 0.6) is 0 Å². The Morgan fingerprint density at radius 3 is 2.59 bits per heavy atom. The summed E-state index contributed by atoms with van der Waals surface area (Å²) in [5.74, 6) is -4.90. The number of H-pyrrole nitrogens is 1. The van der Waals surface area contributed by atoms with Gasteiger partial charge in [0.1, 0.15) is 0 Å². The number of amides is 1. The number of para-hydroxylation sites is 1. The van der Waals surface area contributed by atoms with Crippen LogP contribution in [0.3, 0.4) is 0 Å². The fourth-order valence-electron chi connectivity index (χ4n) is 3.77. The Hall–Kier alpha value is -3.88.